The van der Waals surface area contributed by atoms with E-state index in [1.807, 2.05) is 65.6 Å². The molecule has 0 spiro atoms. The summed E-state index contributed by atoms with van der Waals surface area (Å²) < 4.78 is 1.63. The van der Waals surface area contributed by atoms with Crippen LogP contribution in [0.3, 0.4) is 0 Å². The zero-order valence-corrected chi connectivity index (χ0v) is 20.4. The number of anilines is 1. The van der Waals surface area contributed by atoms with Gasteiger partial charge in [0.2, 0.25) is 5.91 Å². The van der Waals surface area contributed by atoms with Gasteiger partial charge in [-0.1, -0.05) is 68.1 Å². The SMILES string of the molecule is CC(C)c1ccc(-n2c(SCC(=O)N3c4ccccc4CC3C)nc3ccccc3c2=O)cc1. The molecule has 1 unspecified atom stereocenters. The summed E-state index contributed by atoms with van der Waals surface area (Å²) in [6.45, 7) is 6.36. The highest BCUT2D eigenvalue weighted by molar-refractivity contribution is 7.99. The summed E-state index contributed by atoms with van der Waals surface area (Å²) in [5.74, 6) is 0.622. The molecule has 0 bridgehead atoms. The minimum Gasteiger partial charge on any atom is -0.308 e. The van der Waals surface area contributed by atoms with E-state index in [1.165, 1.54) is 22.9 Å². The Balaban J connectivity index is 1.51. The Morgan fingerprint density at radius 3 is 2.50 bits per heavy atom. The molecule has 5 nitrogen and oxygen atoms in total. The Morgan fingerprint density at radius 1 is 1.03 bits per heavy atom. The molecular formula is C28H27N3O2S. The first kappa shape index (κ1) is 22.4. The van der Waals surface area contributed by atoms with E-state index in [0.717, 1.165) is 17.8 Å². The lowest BCUT2D eigenvalue weighted by Crippen LogP contribution is -2.37. The first-order chi connectivity index (χ1) is 16.4. The molecule has 1 aromatic heterocycles. The topological polar surface area (TPSA) is 55.2 Å². The van der Waals surface area contributed by atoms with Crippen LogP contribution in [0.4, 0.5) is 5.69 Å². The molecule has 1 amide bonds. The molecule has 1 aliphatic heterocycles. The first-order valence-electron chi connectivity index (χ1n) is 11.6. The van der Waals surface area contributed by atoms with Crippen molar-refractivity contribution in [2.75, 3.05) is 10.7 Å². The van der Waals surface area contributed by atoms with Gasteiger partial charge in [-0.15, -0.1) is 0 Å². The summed E-state index contributed by atoms with van der Waals surface area (Å²) in [7, 11) is 0. The van der Waals surface area contributed by atoms with E-state index in [1.54, 1.807) is 10.6 Å². The normalized spacial score (nSPS) is 15.2. The summed E-state index contributed by atoms with van der Waals surface area (Å²) >= 11 is 1.31. The van der Waals surface area contributed by atoms with Crippen molar-refractivity contribution in [1.29, 1.82) is 0 Å². The van der Waals surface area contributed by atoms with Crippen LogP contribution in [0.5, 0.6) is 0 Å². The number of hydrogen-bond donors (Lipinski definition) is 0. The molecule has 0 fully saturated rings. The third-order valence-corrected chi connectivity index (χ3v) is 7.29. The quantitative estimate of drug-likeness (QED) is 0.283. The van der Waals surface area contributed by atoms with Gasteiger partial charge in [-0.05, 0) is 60.7 Å². The average molecular weight is 470 g/mol. The lowest BCUT2D eigenvalue weighted by Gasteiger charge is -2.23. The summed E-state index contributed by atoms with van der Waals surface area (Å²) in [5, 5.41) is 1.09. The van der Waals surface area contributed by atoms with Crippen LogP contribution in [0.1, 0.15) is 37.8 Å². The van der Waals surface area contributed by atoms with Crippen LogP contribution < -0.4 is 10.5 Å². The lowest BCUT2D eigenvalue weighted by molar-refractivity contribution is -0.116. The molecule has 0 N–H and O–H groups in total. The smallest absolute Gasteiger partial charge is 0.266 e. The molecule has 0 saturated heterocycles. The summed E-state index contributed by atoms with van der Waals surface area (Å²) in [6, 6.07) is 23.5. The Hall–Kier alpha value is -3.38. The van der Waals surface area contributed by atoms with E-state index in [0.29, 0.717) is 22.0 Å². The van der Waals surface area contributed by atoms with Crippen LogP contribution in [-0.4, -0.2) is 27.3 Å². The van der Waals surface area contributed by atoms with Crippen molar-refractivity contribution in [3.8, 4) is 5.69 Å². The molecular weight excluding hydrogens is 442 g/mol. The zero-order chi connectivity index (χ0) is 23.8. The molecule has 6 heteroatoms. The van der Waals surface area contributed by atoms with Crippen LogP contribution in [-0.2, 0) is 11.2 Å². The maximum absolute atomic E-state index is 13.5. The predicted octanol–water partition coefficient (Wildman–Crippen LogP) is 5.58. The molecule has 0 radical (unpaired) electrons. The number of benzene rings is 3. The van der Waals surface area contributed by atoms with Gasteiger partial charge >= 0.3 is 0 Å². The van der Waals surface area contributed by atoms with Crippen molar-refractivity contribution in [2.45, 2.75) is 44.3 Å². The number of carbonyl (C=O) groups excluding carboxylic acids is 1. The molecule has 1 aliphatic rings. The number of hydrogen-bond acceptors (Lipinski definition) is 4. The average Bonchev–Trinajstić information content (AvgIpc) is 3.18. The number of fused-ring (bicyclic) bond motifs is 2. The molecule has 172 valence electrons. The zero-order valence-electron chi connectivity index (χ0n) is 19.6. The molecule has 5 rings (SSSR count). The van der Waals surface area contributed by atoms with Crippen molar-refractivity contribution in [3.63, 3.8) is 0 Å². The Morgan fingerprint density at radius 2 is 1.74 bits per heavy atom. The molecule has 0 saturated carbocycles. The fraction of sp³-hybridized carbons (Fsp3) is 0.250. The van der Waals surface area contributed by atoms with Crippen LogP contribution in [0.15, 0.2) is 82.7 Å². The molecule has 0 aliphatic carbocycles. The molecule has 1 atom stereocenters. The van der Waals surface area contributed by atoms with E-state index in [-0.39, 0.29) is 23.3 Å². The second-order valence-corrected chi connectivity index (χ2v) is 9.98. The van der Waals surface area contributed by atoms with Gasteiger partial charge in [-0.2, -0.15) is 0 Å². The highest BCUT2D eigenvalue weighted by Gasteiger charge is 2.30. The summed E-state index contributed by atoms with van der Waals surface area (Å²) in [5.41, 5.74) is 4.64. The number of nitrogens with zero attached hydrogens (tertiary/aromatic N) is 3. The second-order valence-electron chi connectivity index (χ2n) is 9.03. The predicted molar refractivity (Wildman–Crippen MR) is 139 cm³/mol. The van der Waals surface area contributed by atoms with Crippen molar-refractivity contribution in [1.82, 2.24) is 9.55 Å². The van der Waals surface area contributed by atoms with E-state index >= 15 is 0 Å². The van der Waals surface area contributed by atoms with E-state index < -0.39 is 0 Å². The largest absolute Gasteiger partial charge is 0.308 e. The summed E-state index contributed by atoms with van der Waals surface area (Å²) in [4.78, 5) is 33.5. The standard InChI is InChI=1S/C28H27N3O2S/c1-18(2)20-12-14-22(15-13-20)31-27(33)23-9-5-6-10-24(23)29-28(31)34-17-26(32)30-19(3)16-21-8-4-7-11-25(21)30/h4-15,18-19H,16-17H2,1-3H3. The number of aromatic nitrogens is 2. The third-order valence-electron chi connectivity index (χ3n) is 6.36. The molecule has 4 aromatic rings. The monoisotopic (exact) mass is 469 g/mol. The number of amides is 1. The van der Waals surface area contributed by atoms with Gasteiger partial charge in [0.1, 0.15) is 0 Å². The fourth-order valence-electron chi connectivity index (χ4n) is 4.59. The van der Waals surface area contributed by atoms with Crippen molar-refractivity contribution >= 4 is 34.3 Å². The van der Waals surface area contributed by atoms with E-state index in [9.17, 15) is 9.59 Å². The number of para-hydroxylation sites is 2. The maximum atomic E-state index is 13.5. The Bertz CT molecular complexity index is 1430. The van der Waals surface area contributed by atoms with Gasteiger partial charge in [-0.3, -0.25) is 14.2 Å². The highest BCUT2D eigenvalue weighted by Crippen LogP contribution is 2.33. The number of rotatable bonds is 5. The van der Waals surface area contributed by atoms with Crippen LogP contribution in [0.25, 0.3) is 16.6 Å². The summed E-state index contributed by atoms with van der Waals surface area (Å²) in [6.07, 6.45) is 0.855. The number of carbonyl (C=O) groups is 1. The van der Waals surface area contributed by atoms with Crippen LogP contribution in [0, 0.1) is 0 Å². The molecule has 34 heavy (non-hydrogen) atoms. The van der Waals surface area contributed by atoms with Gasteiger partial charge in [-0.25, -0.2) is 4.98 Å². The minimum absolute atomic E-state index is 0.0200. The second kappa shape index (κ2) is 9.11. The van der Waals surface area contributed by atoms with Gasteiger partial charge in [0, 0.05) is 11.7 Å². The van der Waals surface area contributed by atoms with E-state index in [4.69, 9.17) is 4.98 Å². The van der Waals surface area contributed by atoms with Gasteiger partial charge in [0.15, 0.2) is 5.16 Å². The Labute approximate surface area is 203 Å². The van der Waals surface area contributed by atoms with Crippen LogP contribution in [0.2, 0.25) is 0 Å². The van der Waals surface area contributed by atoms with Crippen molar-refractivity contribution < 1.29 is 4.79 Å². The minimum atomic E-state index is -0.127. The highest BCUT2D eigenvalue weighted by atomic mass is 32.2. The van der Waals surface area contributed by atoms with Gasteiger partial charge in [0.25, 0.3) is 5.56 Å². The van der Waals surface area contributed by atoms with Gasteiger partial charge in [0.05, 0.1) is 22.3 Å². The van der Waals surface area contributed by atoms with E-state index in [2.05, 4.69) is 26.8 Å². The fourth-order valence-corrected chi connectivity index (χ4v) is 5.46. The molecule has 3 aromatic carbocycles. The maximum Gasteiger partial charge on any atom is 0.266 e. The van der Waals surface area contributed by atoms with Crippen molar-refractivity contribution in [3.05, 3.63) is 94.3 Å². The van der Waals surface area contributed by atoms with Crippen molar-refractivity contribution in [2.24, 2.45) is 0 Å². The van der Waals surface area contributed by atoms with Crippen LogP contribution >= 0.6 is 11.8 Å². The number of thioether (sulfide) groups is 1. The Kier molecular flexibility index (Phi) is 6.00. The molecule has 2 heterocycles. The third kappa shape index (κ3) is 4.03. The van der Waals surface area contributed by atoms with Gasteiger partial charge < -0.3 is 4.90 Å². The lowest BCUT2D eigenvalue weighted by atomic mass is 10.0. The first-order valence-corrected chi connectivity index (χ1v) is 12.6.